The van der Waals surface area contributed by atoms with Crippen molar-refractivity contribution < 1.29 is 14.7 Å². The number of anilines is 1. The summed E-state index contributed by atoms with van der Waals surface area (Å²) in [6, 6.07) is 18.5. The van der Waals surface area contributed by atoms with Crippen LogP contribution in [-0.2, 0) is 9.59 Å². The minimum absolute atomic E-state index is 0.0327. The highest BCUT2D eigenvalue weighted by atomic mass is 79.9. The van der Waals surface area contributed by atoms with Gasteiger partial charge in [-0.25, -0.2) is 4.98 Å². The molecule has 5 nitrogen and oxygen atoms in total. The lowest BCUT2D eigenvalue weighted by molar-refractivity contribution is -0.132. The number of nitrogens with zero attached hydrogens (tertiary/aromatic N) is 2. The van der Waals surface area contributed by atoms with Crippen molar-refractivity contribution >= 4 is 55.1 Å². The van der Waals surface area contributed by atoms with Crippen LogP contribution < -0.4 is 4.90 Å². The summed E-state index contributed by atoms with van der Waals surface area (Å²) in [5.74, 6) is -1.35. The molecule has 144 valence electrons. The number of carbonyl (C=O) groups excluding carboxylic acids is 2. The Bertz CT molecular complexity index is 1110. The standard InChI is InChI=1S/C22H14Br2N2O3/c23-15-8-4-13(5-9-15)19-18(20(27)14-6-10-16(24)11-7-14)21(28)22(29)26(19)17-3-1-2-12-25-17/h1-12,19,27H/b20-18+. The van der Waals surface area contributed by atoms with E-state index in [0.717, 1.165) is 8.95 Å². The number of aliphatic hydroxyl groups excluding tert-OH is 1. The first-order chi connectivity index (χ1) is 14.0. The van der Waals surface area contributed by atoms with Crippen molar-refractivity contribution in [2.45, 2.75) is 6.04 Å². The Morgan fingerprint density at radius 3 is 2.10 bits per heavy atom. The average molecular weight is 514 g/mol. The molecule has 1 atom stereocenters. The SMILES string of the molecule is O=C1C(=O)N(c2ccccn2)C(c2ccc(Br)cc2)/C1=C(\O)c1ccc(Br)cc1. The first-order valence-corrected chi connectivity index (χ1v) is 10.3. The van der Waals surface area contributed by atoms with Crippen molar-refractivity contribution in [2.24, 2.45) is 0 Å². The van der Waals surface area contributed by atoms with E-state index in [1.54, 1.807) is 48.7 Å². The molecule has 29 heavy (non-hydrogen) atoms. The smallest absolute Gasteiger partial charge is 0.301 e. The van der Waals surface area contributed by atoms with E-state index in [4.69, 9.17) is 0 Å². The van der Waals surface area contributed by atoms with Crippen LogP contribution in [0.2, 0.25) is 0 Å². The quantitative estimate of drug-likeness (QED) is 0.295. The maximum absolute atomic E-state index is 13.0. The highest BCUT2D eigenvalue weighted by Gasteiger charge is 2.47. The van der Waals surface area contributed by atoms with Gasteiger partial charge in [-0.15, -0.1) is 0 Å². The zero-order valence-electron chi connectivity index (χ0n) is 14.9. The molecule has 1 aliphatic heterocycles. The van der Waals surface area contributed by atoms with Crippen LogP contribution in [0.1, 0.15) is 17.2 Å². The topological polar surface area (TPSA) is 70.5 Å². The Kier molecular flexibility index (Phi) is 5.34. The van der Waals surface area contributed by atoms with Crippen molar-refractivity contribution in [1.82, 2.24) is 4.98 Å². The van der Waals surface area contributed by atoms with E-state index < -0.39 is 17.7 Å². The number of pyridine rings is 1. The molecule has 0 bridgehead atoms. The molecule has 4 rings (SSSR count). The Balaban J connectivity index is 1.94. The van der Waals surface area contributed by atoms with Crippen molar-refractivity contribution in [3.05, 3.63) is 98.6 Å². The summed E-state index contributed by atoms with van der Waals surface area (Å²) in [6.45, 7) is 0. The monoisotopic (exact) mass is 512 g/mol. The fourth-order valence-electron chi connectivity index (χ4n) is 3.29. The highest BCUT2D eigenvalue weighted by Crippen LogP contribution is 2.41. The molecule has 1 saturated heterocycles. The van der Waals surface area contributed by atoms with Gasteiger partial charge in [0.2, 0.25) is 0 Å². The molecule has 7 heteroatoms. The van der Waals surface area contributed by atoms with Crippen molar-refractivity contribution in [1.29, 1.82) is 0 Å². The number of aromatic nitrogens is 1. The molecule has 2 aromatic carbocycles. The second kappa shape index (κ2) is 7.93. The molecular weight excluding hydrogens is 500 g/mol. The second-order valence-electron chi connectivity index (χ2n) is 6.42. The maximum atomic E-state index is 13.0. The zero-order valence-corrected chi connectivity index (χ0v) is 18.1. The summed E-state index contributed by atoms with van der Waals surface area (Å²) < 4.78 is 1.70. The number of Topliss-reactive ketones (excluding diaryl/α,β-unsaturated/α-hetero) is 1. The molecule has 0 saturated carbocycles. The van der Waals surface area contributed by atoms with Gasteiger partial charge in [0.05, 0.1) is 11.6 Å². The Morgan fingerprint density at radius 2 is 1.52 bits per heavy atom. The summed E-state index contributed by atoms with van der Waals surface area (Å²) in [6.07, 6.45) is 1.56. The first-order valence-electron chi connectivity index (χ1n) is 8.71. The van der Waals surface area contributed by atoms with Gasteiger partial charge < -0.3 is 5.11 Å². The van der Waals surface area contributed by atoms with Gasteiger partial charge in [0.15, 0.2) is 0 Å². The fraction of sp³-hybridized carbons (Fsp3) is 0.0455. The molecule has 0 aliphatic carbocycles. The number of ketones is 1. The zero-order chi connectivity index (χ0) is 20.5. The summed E-state index contributed by atoms with van der Waals surface area (Å²) in [7, 11) is 0. The Labute approximate surface area is 184 Å². The summed E-state index contributed by atoms with van der Waals surface area (Å²) >= 11 is 6.75. The molecule has 1 fully saturated rings. The van der Waals surface area contributed by atoms with E-state index in [-0.39, 0.29) is 11.3 Å². The van der Waals surface area contributed by atoms with Gasteiger partial charge in [-0.2, -0.15) is 0 Å². The molecule has 0 radical (unpaired) electrons. The number of aliphatic hydroxyl groups is 1. The van der Waals surface area contributed by atoms with Gasteiger partial charge in [-0.3, -0.25) is 14.5 Å². The fourth-order valence-corrected chi connectivity index (χ4v) is 3.82. The van der Waals surface area contributed by atoms with E-state index in [2.05, 4.69) is 36.8 Å². The minimum atomic E-state index is -0.790. The van der Waals surface area contributed by atoms with Crippen LogP contribution in [0.5, 0.6) is 0 Å². The largest absolute Gasteiger partial charge is 0.507 e. The third-order valence-electron chi connectivity index (χ3n) is 4.64. The molecule has 0 spiro atoms. The van der Waals surface area contributed by atoms with Crippen LogP contribution in [0.25, 0.3) is 5.76 Å². The van der Waals surface area contributed by atoms with E-state index in [1.165, 1.54) is 4.90 Å². The van der Waals surface area contributed by atoms with Crippen LogP contribution >= 0.6 is 31.9 Å². The summed E-state index contributed by atoms with van der Waals surface area (Å²) in [4.78, 5) is 31.5. The van der Waals surface area contributed by atoms with Crippen molar-refractivity contribution in [3.63, 3.8) is 0 Å². The van der Waals surface area contributed by atoms with Crippen LogP contribution in [0.15, 0.2) is 87.4 Å². The molecule has 1 N–H and O–H groups in total. The van der Waals surface area contributed by atoms with Gasteiger partial charge in [-0.1, -0.05) is 62.2 Å². The lowest BCUT2D eigenvalue weighted by Crippen LogP contribution is -2.30. The highest BCUT2D eigenvalue weighted by molar-refractivity contribution is 9.10. The van der Waals surface area contributed by atoms with E-state index in [0.29, 0.717) is 16.9 Å². The van der Waals surface area contributed by atoms with Gasteiger partial charge in [0.1, 0.15) is 11.6 Å². The van der Waals surface area contributed by atoms with Crippen molar-refractivity contribution in [3.8, 4) is 0 Å². The van der Waals surface area contributed by atoms with Crippen LogP contribution in [0.3, 0.4) is 0 Å². The van der Waals surface area contributed by atoms with Crippen LogP contribution in [-0.4, -0.2) is 21.8 Å². The number of benzene rings is 2. The predicted octanol–water partition coefficient (Wildman–Crippen LogP) is 5.23. The number of rotatable bonds is 3. The van der Waals surface area contributed by atoms with E-state index in [9.17, 15) is 14.7 Å². The minimum Gasteiger partial charge on any atom is -0.507 e. The molecule has 1 amide bonds. The lowest BCUT2D eigenvalue weighted by atomic mass is 9.95. The van der Waals surface area contributed by atoms with Gasteiger partial charge in [0, 0.05) is 20.7 Å². The third kappa shape index (κ3) is 3.63. The van der Waals surface area contributed by atoms with Crippen LogP contribution in [0, 0.1) is 0 Å². The molecule has 2 heterocycles. The van der Waals surface area contributed by atoms with Gasteiger partial charge >= 0.3 is 5.91 Å². The summed E-state index contributed by atoms with van der Waals surface area (Å²) in [5.41, 5.74) is 1.18. The summed E-state index contributed by atoms with van der Waals surface area (Å²) in [5, 5.41) is 11.0. The molecule has 1 unspecified atom stereocenters. The lowest BCUT2D eigenvalue weighted by Gasteiger charge is -2.24. The number of amides is 1. The van der Waals surface area contributed by atoms with Gasteiger partial charge in [-0.05, 0) is 42.0 Å². The Hall–Kier alpha value is -2.77. The molecule has 1 aromatic heterocycles. The number of halogens is 2. The number of hydrogen-bond donors (Lipinski definition) is 1. The number of hydrogen-bond acceptors (Lipinski definition) is 4. The third-order valence-corrected chi connectivity index (χ3v) is 5.70. The molecular formula is C22H14Br2N2O3. The maximum Gasteiger partial charge on any atom is 0.301 e. The normalized spacial score (nSPS) is 18.3. The average Bonchev–Trinajstić information content (AvgIpc) is 3.00. The molecule has 1 aliphatic rings. The van der Waals surface area contributed by atoms with E-state index >= 15 is 0 Å². The first kappa shape index (κ1) is 19.5. The Morgan fingerprint density at radius 1 is 0.897 bits per heavy atom. The predicted molar refractivity (Wildman–Crippen MR) is 117 cm³/mol. The molecule has 3 aromatic rings. The van der Waals surface area contributed by atoms with Crippen LogP contribution in [0.4, 0.5) is 5.82 Å². The van der Waals surface area contributed by atoms with E-state index in [1.807, 2.05) is 24.3 Å². The second-order valence-corrected chi connectivity index (χ2v) is 8.25. The number of carbonyl (C=O) groups is 2. The van der Waals surface area contributed by atoms with Gasteiger partial charge in [0.25, 0.3) is 5.78 Å². The van der Waals surface area contributed by atoms with Crippen molar-refractivity contribution in [2.75, 3.05) is 4.90 Å².